The van der Waals surface area contributed by atoms with Crippen LogP contribution in [0.4, 0.5) is 0 Å². The Morgan fingerprint density at radius 1 is 1.14 bits per heavy atom. The fraction of sp³-hybridized carbons (Fsp3) is 0.235. The highest BCUT2D eigenvalue weighted by Gasteiger charge is 2.16. The number of nitrogens with two attached hydrogens (primary N) is 1. The standard InChI is InChI=1S/C17H20N2O2/c1-21-16-9-5-8-15(12-16)17(20)19(11-10-18)13-14-6-3-2-4-7-14/h2-9,12H,10-11,13,18H2,1H3. The molecule has 2 aromatic rings. The number of methoxy groups -OCH3 is 1. The minimum absolute atomic E-state index is 0.0387. The number of benzene rings is 2. The van der Waals surface area contributed by atoms with Crippen molar-refractivity contribution in [2.45, 2.75) is 6.54 Å². The monoisotopic (exact) mass is 284 g/mol. The van der Waals surface area contributed by atoms with E-state index >= 15 is 0 Å². The number of hydrogen-bond acceptors (Lipinski definition) is 3. The van der Waals surface area contributed by atoms with E-state index in [2.05, 4.69) is 0 Å². The predicted molar refractivity (Wildman–Crippen MR) is 83.2 cm³/mol. The molecule has 2 aromatic carbocycles. The van der Waals surface area contributed by atoms with Crippen LogP contribution in [0.25, 0.3) is 0 Å². The van der Waals surface area contributed by atoms with Crippen molar-refractivity contribution in [3.05, 3.63) is 65.7 Å². The first-order chi connectivity index (χ1) is 10.2. The fourth-order valence-electron chi connectivity index (χ4n) is 2.15. The van der Waals surface area contributed by atoms with Crippen LogP contribution in [0, 0.1) is 0 Å². The lowest BCUT2D eigenvalue weighted by Gasteiger charge is -2.22. The highest BCUT2D eigenvalue weighted by Crippen LogP contribution is 2.15. The van der Waals surface area contributed by atoms with Gasteiger partial charge in [-0.2, -0.15) is 0 Å². The van der Waals surface area contributed by atoms with Gasteiger partial charge in [-0.15, -0.1) is 0 Å². The van der Waals surface area contributed by atoms with Gasteiger partial charge in [0, 0.05) is 25.2 Å². The zero-order valence-corrected chi connectivity index (χ0v) is 12.2. The summed E-state index contributed by atoms with van der Waals surface area (Å²) in [5, 5.41) is 0. The van der Waals surface area contributed by atoms with Crippen LogP contribution in [0.3, 0.4) is 0 Å². The van der Waals surface area contributed by atoms with E-state index in [0.717, 1.165) is 5.56 Å². The number of hydrogen-bond donors (Lipinski definition) is 1. The quantitative estimate of drug-likeness (QED) is 0.885. The lowest BCUT2D eigenvalue weighted by molar-refractivity contribution is 0.0748. The van der Waals surface area contributed by atoms with Crippen LogP contribution in [0.2, 0.25) is 0 Å². The molecule has 0 unspecified atom stereocenters. The molecule has 2 N–H and O–H groups in total. The maximum atomic E-state index is 12.6. The van der Waals surface area contributed by atoms with E-state index in [1.807, 2.05) is 42.5 Å². The number of ether oxygens (including phenoxy) is 1. The molecule has 0 aliphatic carbocycles. The Kier molecular flexibility index (Phi) is 5.35. The number of carbonyl (C=O) groups is 1. The second kappa shape index (κ2) is 7.45. The van der Waals surface area contributed by atoms with Gasteiger partial charge in [0.15, 0.2) is 0 Å². The van der Waals surface area contributed by atoms with Crippen molar-refractivity contribution in [1.82, 2.24) is 4.90 Å². The van der Waals surface area contributed by atoms with E-state index in [4.69, 9.17) is 10.5 Å². The minimum Gasteiger partial charge on any atom is -0.497 e. The van der Waals surface area contributed by atoms with Crippen molar-refractivity contribution in [1.29, 1.82) is 0 Å². The molecule has 0 fully saturated rings. The number of amides is 1. The summed E-state index contributed by atoms with van der Waals surface area (Å²) in [6.07, 6.45) is 0. The highest BCUT2D eigenvalue weighted by atomic mass is 16.5. The van der Waals surface area contributed by atoms with Crippen LogP contribution in [0.5, 0.6) is 5.75 Å². The van der Waals surface area contributed by atoms with Gasteiger partial charge in [-0.3, -0.25) is 4.79 Å². The smallest absolute Gasteiger partial charge is 0.254 e. The summed E-state index contributed by atoms with van der Waals surface area (Å²) in [6.45, 7) is 1.50. The van der Waals surface area contributed by atoms with Gasteiger partial charge in [0.25, 0.3) is 5.91 Å². The van der Waals surface area contributed by atoms with Gasteiger partial charge in [-0.25, -0.2) is 0 Å². The Labute approximate surface area is 125 Å². The SMILES string of the molecule is COc1cccc(C(=O)N(CCN)Cc2ccccc2)c1. The molecule has 0 spiro atoms. The highest BCUT2D eigenvalue weighted by molar-refractivity contribution is 5.94. The summed E-state index contributed by atoms with van der Waals surface area (Å²) >= 11 is 0. The maximum Gasteiger partial charge on any atom is 0.254 e. The number of carbonyl (C=O) groups excluding carboxylic acids is 1. The molecule has 0 saturated carbocycles. The van der Waals surface area contributed by atoms with Gasteiger partial charge in [0.2, 0.25) is 0 Å². The molecule has 0 aromatic heterocycles. The Morgan fingerprint density at radius 3 is 2.57 bits per heavy atom. The van der Waals surface area contributed by atoms with E-state index < -0.39 is 0 Å². The average molecular weight is 284 g/mol. The first kappa shape index (κ1) is 15.1. The molecule has 21 heavy (non-hydrogen) atoms. The van der Waals surface area contributed by atoms with Gasteiger partial charge >= 0.3 is 0 Å². The van der Waals surface area contributed by atoms with Crippen molar-refractivity contribution < 1.29 is 9.53 Å². The summed E-state index contributed by atoms with van der Waals surface area (Å²) in [5.41, 5.74) is 7.33. The molecule has 0 radical (unpaired) electrons. The number of rotatable bonds is 6. The zero-order valence-electron chi connectivity index (χ0n) is 12.2. The van der Waals surface area contributed by atoms with Crippen molar-refractivity contribution in [2.75, 3.05) is 20.2 Å². The third-order valence-electron chi connectivity index (χ3n) is 3.22. The topological polar surface area (TPSA) is 55.6 Å². The third-order valence-corrected chi connectivity index (χ3v) is 3.22. The Bertz CT molecular complexity index is 584. The molecule has 0 saturated heterocycles. The van der Waals surface area contributed by atoms with Gasteiger partial charge < -0.3 is 15.4 Å². The minimum atomic E-state index is -0.0387. The predicted octanol–water partition coefficient (Wildman–Crippen LogP) is 2.30. The van der Waals surface area contributed by atoms with Crippen LogP contribution in [-0.4, -0.2) is 31.0 Å². The molecular formula is C17H20N2O2. The Balaban J connectivity index is 2.18. The summed E-state index contributed by atoms with van der Waals surface area (Å²) < 4.78 is 5.17. The molecule has 4 nitrogen and oxygen atoms in total. The van der Waals surface area contributed by atoms with Crippen LogP contribution in [0.1, 0.15) is 15.9 Å². The van der Waals surface area contributed by atoms with Crippen molar-refractivity contribution >= 4 is 5.91 Å². The Hall–Kier alpha value is -2.33. The molecule has 0 atom stereocenters. The lowest BCUT2D eigenvalue weighted by Crippen LogP contribution is -2.34. The van der Waals surface area contributed by atoms with Crippen LogP contribution < -0.4 is 10.5 Å². The van der Waals surface area contributed by atoms with Crippen molar-refractivity contribution in [2.24, 2.45) is 5.73 Å². The van der Waals surface area contributed by atoms with Crippen LogP contribution in [-0.2, 0) is 6.54 Å². The van der Waals surface area contributed by atoms with Crippen molar-refractivity contribution in [3.8, 4) is 5.75 Å². The fourth-order valence-corrected chi connectivity index (χ4v) is 2.15. The number of nitrogens with zero attached hydrogens (tertiary/aromatic N) is 1. The van der Waals surface area contributed by atoms with E-state index in [9.17, 15) is 4.79 Å². The van der Waals surface area contributed by atoms with Gasteiger partial charge in [-0.05, 0) is 23.8 Å². The maximum absolute atomic E-state index is 12.6. The van der Waals surface area contributed by atoms with Gasteiger partial charge in [0.1, 0.15) is 5.75 Å². The average Bonchev–Trinajstić information content (AvgIpc) is 2.55. The van der Waals surface area contributed by atoms with Gasteiger partial charge in [-0.1, -0.05) is 36.4 Å². The van der Waals surface area contributed by atoms with Crippen molar-refractivity contribution in [3.63, 3.8) is 0 Å². The van der Waals surface area contributed by atoms with E-state index in [1.165, 1.54) is 0 Å². The molecule has 0 aliphatic rings. The molecule has 4 heteroatoms. The second-order valence-electron chi connectivity index (χ2n) is 4.73. The molecule has 2 rings (SSSR count). The first-order valence-corrected chi connectivity index (χ1v) is 6.92. The van der Waals surface area contributed by atoms with Crippen LogP contribution in [0.15, 0.2) is 54.6 Å². The summed E-state index contributed by atoms with van der Waals surface area (Å²) in [4.78, 5) is 14.4. The van der Waals surface area contributed by atoms with Gasteiger partial charge in [0.05, 0.1) is 7.11 Å². The third kappa shape index (κ3) is 4.07. The molecular weight excluding hydrogens is 264 g/mol. The summed E-state index contributed by atoms with van der Waals surface area (Å²) in [6, 6.07) is 17.1. The summed E-state index contributed by atoms with van der Waals surface area (Å²) in [5.74, 6) is 0.636. The van der Waals surface area contributed by atoms with E-state index in [-0.39, 0.29) is 5.91 Å². The van der Waals surface area contributed by atoms with Crippen LogP contribution >= 0.6 is 0 Å². The normalized spacial score (nSPS) is 10.2. The second-order valence-corrected chi connectivity index (χ2v) is 4.73. The van der Waals surface area contributed by atoms with E-state index in [0.29, 0.717) is 30.9 Å². The molecule has 1 amide bonds. The zero-order chi connectivity index (χ0) is 15.1. The largest absolute Gasteiger partial charge is 0.497 e. The Morgan fingerprint density at radius 2 is 1.90 bits per heavy atom. The molecule has 0 heterocycles. The lowest BCUT2D eigenvalue weighted by atomic mass is 10.1. The molecule has 0 bridgehead atoms. The first-order valence-electron chi connectivity index (χ1n) is 6.92. The summed E-state index contributed by atoms with van der Waals surface area (Å²) in [7, 11) is 1.59. The van der Waals surface area contributed by atoms with E-state index in [1.54, 1.807) is 24.1 Å². The molecule has 0 aliphatic heterocycles. The molecule has 110 valence electrons.